The van der Waals surface area contributed by atoms with Crippen molar-refractivity contribution >= 4 is 17.6 Å². The van der Waals surface area contributed by atoms with Crippen LogP contribution in [0.1, 0.15) is 39.7 Å². The number of carboxylic acids is 1. The maximum atomic E-state index is 12.2. The summed E-state index contributed by atoms with van der Waals surface area (Å²) in [5.41, 5.74) is 1.98. The number of amides is 1. The molecule has 0 fully saturated rings. The molecule has 2 aromatic heterocycles. The number of nitrogens with one attached hydrogen (secondary N) is 1. The van der Waals surface area contributed by atoms with E-state index in [0.717, 1.165) is 5.56 Å². The molecular formula is C18H15N3O4. The molecule has 0 saturated carbocycles. The minimum Gasteiger partial charge on any atom is -0.478 e. The van der Waals surface area contributed by atoms with Crippen molar-refractivity contribution in [1.29, 1.82) is 0 Å². The summed E-state index contributed by atoms with van der Waals surface area (Å²) in [6.45, 7) is 1.76. The van der Waals surface area contributed by atoms with Crippen LogP contribution in [0, 0.1) is 6.92 Å². The standard InChI is InChI=1S/C18H15N3O4/c1-10-7-14(20-25-10)21-9-13(18(23)24)16-17(21)12(8-15(22)19-16)11-5-3-2-4-6-11/h2-7,9,12H,8H2,1H3,(H,19,22)(H,23,24)/t12-/m1/s1. The van der Waals surface area contributed by atoms with E-state index in [9.17, 15) is 14.7 Å². The Kier molecular flexibility index (Phi) is 3.42. The van der Waals surface area contributed by atoms with Crippen LogP contribution >= 0.6 is 0 Å². The van der Waals surface area contributed by atoms with E-state index in [-0.39, 0.29) is 23.8 Å². The van der Waals surface area contributed by atoms with Gasteiger partial charge in [0, 0.05) is 24.6 Å². The van der Waals surface area contributed by atoms with Crippen LogP contribution in [0.25, 0.3) is 5.82 Å². The van der Waals surface area contributed by atoms with E-state index in [0.29, 0.717) is 23.0 Å². The van der Waals surface area contributed by atoms with Gasteiger partial charge < -0.3 is 14.9 Å². The van der Waals surface area contributed by atoms with E-state index in [1.165, 1.54) is 6.20 Å². The van der Waals surface area contributed by atoms with Gasteiger partial charge in [-0.05, 0) is 12.5 Å². The zero-order valence-electron chi connectivity index (χ0n) is 13.4. The van der Waals surface area contributed by atoms with Crippen LogP contribution in [0.2, 0.25) is 0 Å². The van der Waals surface area contributed by atoms with Crippen molar-refractivity contribution in [2.45, 2.75) is 19.3 Å². The van der Waals surface area contributed by atoms with Gasteiger partial charge in [-0.3, -0.25) is 9.36 Å². The lowest BCUT2D eigenvalue weighted by Crippen LogP contribution is -2.25. The number of hydrogen-bond acceptors (Lipinski definition) is 4. The second kappa shape index (κ2) is 5.62. The Labute approximate surface area is 142 Å². The first-order chi connectivity index (χ1) is 12.0. The molecule has 3 heterocycles. The molecule has 1 aliphatic heterocycles. The molecule has 0 bridgehead atoms. The Balaban J connectivity index is 1.97. The molecule has 0 saturated heterocycles. The van der Waals surface area contributed by atoms with E-state index in [1.54, 1.807) is 17.6 Å². The van der Waals surface area contributed by atoms with Crippen LogP contribution in [0.3, 0.4) is 0 Å². The highest BCUT2D eigenvalue weighted by atomic mass is 16.5. The van der Waals surface area contributed by atoms with Crippen molar-refractivity contribution in [2.75, 3.05) is 5.32 Å². The first-order valence-electron chi connectivity index (χ1n) is 7.81. The summed E-state index contributed by atoms with van der Waals surface area (Å²) < 4.78 is 6.82. The van der Waals surface area contributed by atoms with Crippen molar-refractivity contribution in [3.63, 3.8) is 0 Å². The van der Waals surface area contributed by atoms with Crippen LogP contribution in [-0.4, -0.2) is 26.7 Å². The molecule has 0 unspecified atom stereocenters. The maximum absolute atomic E-state index is 12.2. The second-order valence-corrected chi connectivity index (χ2v) is 5.99. The fourth-order valence-corrected chi connectivity index (χ4v) is 3.25. The predicted molar refractivity (Wildman–Crippen MR) is 89.1 cm³/mol. The number of benzene rings is 1. The molecule has 0 radical (unpaired) electrons. The average Bonchev–Trinajstić information content (AvgIpc) is 3.18. The third kappa shape index (κ3) is 2.50. The summed E-state index contributed by atoms with van der Waals surface area (Å²) in [4.78, 5) is 23.9. The van der Waals surface area contributed by atoms with Gasteiger partial charge in [0.1, 0.15) is 11.3 Å². The van der Waals surface area contributed by atoms with Gasteiger partial charge in [-0.25, -0.2) is 4.79 Å². The van der Waals surface area contributed by atoms with Gasteiger partial charge in [0.25, 0.3) is 0 Å². The summed E-state index contributed by atoms with van der Waals surface area (Å²) >= 11 is 0. The molecule has 7 heteroatoms. The second-order valence-electron chi connectivity index (χ2n) is 5.99. The van der Waals surface area contributed by atoms with E-state index in [4.69, 9.17) is 4.52 Å². The van der Waals surface area contributed by atoms with Gasteiger partial charge >= 0.3 is 5.97 Å². The van der Waals surface area contributed by atoms with Gasteiger partial charge in [0.2, 0.25) is 5.91 Å². The molecule has 0 spiro atoms. The van der Waals surface area contributed by atoms with Crippen molar-refractivity contribution < 1.29 is 19.2 Å². The van der Waals surface area contributed by atoms with Gasteiger partial charge in [0.15, 0.2) is 5.82 Å². The van der Waals surface area contributed by atoms with Crippen LogP contribution < -0.4 is 5.32 Å². The van der Waals surface area contributed by atoms with E-state index in [2.05, 4.69) is 10.5 Å². The summed E-state index contributed by atoms with van der Waals surface area (Å²) in [5.74, 6) is -0.485. The number of nitrogens with zero attached hydrogens (tertiary/aromatic N) is 2. The number of hydrogen-bond donors (Lipinski definition) is 2. The summed E-state index contributed by atoms with van der Waals surface area (Å²) in [7, 11) is 0. The average molecular weight is 337 g/mol. The SMILES string of the molecule is Cc1cc(-n2cc(C(=O)O)c3c2[C@@H](c2ccccc2)CC(=O)N3)no1. The van der Waals surface area contributed by atoms with E-state index in [1.807, 2.05) is 30.3 Å². The highest BCUT2D eigenvalue weighted by molar-refractivity contribution is 6.04. The lowest BCUT2D eigenvalue weighted by molar-refractivity contribution is -0.116. The third-order valence-electron chi connectivity index (χ3n) is 4.32. The van der Waals surface area contributed by atoms with Crippen LogP contribution in [-0.2, 0) is 4.79 Å². The molecule has 1 aliphatic rings. The molecule has 4 rings (SSSR count). The van der Waals surface area contributed by atoms with E-state index >= 15 is 0 Å². The zero-order chi connectivity index (χ0) is 17.6. The minimum atomic E-state index is -1.11. The van der Waals surface area contributed by atoms with Crippen molar-refractivity contribution in [3.05, 3.63) is 65.2 Å². The minimum absolute atomic E-state index is 0.0321. The number of aromatic carboxylic acids is 1. The fourth-order valence-electron chi connectivity index (χ4n) is 3.25. The maximum Gasteiger partial charge on any atom is 0.339 e. The normalized spacial score (nSPS) is 16.4. The highest BCUT2D eigenvalue weighted by Gasteiger charge is 2.34. The topological polar surface area (TPSA) is 97.4 Å². The number of aryl methyl sites for hydroxylation is 1. The van der Waals surface area contributed by atoms with Crippen molar-refractivity contribution in [3.8, 4) is 5.82 Å². The Morgan fingerprint density at radius 2 is 2.12 bits per heavy atom. The number of carboxylic acid groups (broad SMARTS) is 1. The Bertz CT molecular complexity index is 972. The lowest BCUT2D eigenvalue weighted by atomic mass is 9.88. The quantitative estimate of drug-likeness (QED) is 0.766. The van der Waals surface area contributed by atoms with Gasteiger partial charge in [-0.1, -0.05) is 35.5 Å². The van der Waals surface area contributed by atoms with Crippen LogP contribution in [0.15, 0.2) is 47.1 Å². The third-order valence-corrected chi connectivity index (χ3v) is 4.32. The monoisotopic (exact) mass is 337 g/mol. The molecule has 1 aromatic carbocycles. The molecule has 1 atom stereocenters. The Morgan fingerprint density at radius 1 is 1.36 bits per heavy atom. The largest absolute Gasteiger partial charge is 0.478 e. The smallest absolute Gasteiger partial charge is 0.339 e. The number of rotatable bonds is 3. The Morgan fingerprint density at radius 3 is 2.76 bits per heavy atom. The number of anilines is 1. The van der Waals surface area contributed by atoms with Crippen LogP contribution in [0.4, 0.5) is 5.69 Å². The van der Waals surface area contributed by atoms with Gasteiger partial charge in [-0.15, -0.1) is 0 Å². The number of carbonyl (C=O) groups is 2. The van der Waals surface area contributed by atoms with Crippen molar-refractivity contribution in [2.24, 2.45) is 0 Å². The number of fused-ring (bicyclic) bond motifs is 1. The van der Waals surface area contributed by atoms with E-state index < -0.39 is 5.97 Å². The molecule has 7 nitrogen and oxygen atoms in total. The molecular weight excluding hydrogens is 322 g/mol. The fraction of sp³-hybridized carbons (Fsp3) is 0.167. The molecule has 126 valence electrons. The summed E-state index contributed by atoms with van der Waals surface area (Å²) in [5, 5.41) is 16.2. The molecule has 0 aliphatic carbocycles. The number of carbonyl (C=O) groups excluding carboxylic acids is 1. The summed E-state index contributed by atoms with van der Waals surface area (Å²) in [6.07, 6.45) is 1.71. The molecule has 25 heavy (non-hydrogen) atoms. The van der Waals surface area contributed by atoms with Crippen LogP contribution in [0.5, 0.6) is 0 Å². The van der Waals surface area contributed by atoms with Gasteiger partial charge in [0.05, 0.1) is 11.4 Å². The summed E-state index contributed by atoms with van der Waals surface area (Å²) in [6, 6.07) is 11.3. The molecule has 3 aromatic rings. The van der Waals surface area contributed by atoms with Gasteiger partial charge in [-0.2, -0.15) is 0 Å². The lowest BCUT2D eigenvalue weighted by Gasteiger charge is -2.25. The number of aromatic nitrogens is 2. The molecule has 2 N–H and O–H groups in total. The predicted octanol–water partition coefficient (Wildman–Crippen LogP) is 2.95. The first kappa shape index (κ1) is 15.2. The Hall–Kier alpha value is -3.35. The highest BCUT2D eigenvalue weighted by Crippen LogP contribution is 2.41. The zero-order valence-corrected chi connectivity index (χ0v) is 13.4. The molecule has 1 amide bonds. The van der Waals surface area contributed by atoms with Crippen molar-refractivity contribution in [1.82, 2.24) is 9.72 Å². The first-order valence-corrected chi connectivity index (χ1v) is 7.81.